The van der Waals surface area contributed by atoms with Gasteiger partial charge in [0.05, 0.1) is 12.5 Å². The minimum absolute atomic E-state index is 0.00788. The topological polar surface area (TPSA) is 93.4 Å². The van der Waals surface area contributed by atoms with Gasteiger partial charge in [-0.1, -0.05) is 30.3 Å². The second kappa shape index (κ2) is 9.32. The van der Waals surface area contributed by atoms with Crippen LogP contribution in [0.2, 0.25) is 0 Å². The van der Waals surface area contributed by atoms with E-state index in [0.29, 0.717) is 32.1 Å². The number of hydrogen-bond acceptors (Lipinski definition) is 4. The van der Waals surface area contributed by atoms with Crippen molar-refractivity contribution in [3.8, 4) is 0 Å². The molecule has 1 aromatic heterocycles. The number of hydrogen-bond donors (Lipinski definition) is 1. The number of amides is 2. The summed E-state index contributed by atoms with van der Waals surface area (Å²) in [7, 11) is 0. The van der Waals surface area contributed by atoms with E-state index in [0.717, 1.165) is 23.0 Å². The maximum atomic E-state index is 12.9. The van der Waals surface area contributed by atoms with E-state index < -0.39 is 11.2 Å². The van der Waals surface area contributed by atoms with Crippen LogP contribution in [0.5, 0.6) is 0 Å². The van der Waals surface area contributed by atoms with Crippen LogP contribution in [0.15, 0.2) is 52.2 Å². The molecule has 1 unspecified atom stereocenters. The first-order valence-electron chi connectivity index (χ1n) is 10.9. The molecule has 1 saturated heterocycles. The quantitative estimate of drug-likeness (QED) is 0.712. The Morgan fingerprint density at radius 1 is 1.03 bits per heavy atom. The standard InChI is InChI=1S/C23H28N4O4/c28-20-10-12-26(14-18-5-2-1-3-6-18)23(31)27(20)16-21(29)25-11-4-7-19(15-25)22(30)24-13-17-8-9-17/h1-3,5-6,10,12,17,19H,4,7-9,11,13-16H2,(H,24,30). The van der Waals surface area contributed by atoms with Gasteiger partial charge in [0.1, 0.15) is 6.54 Å². The van der Waals surface area contributed by atoms with E-state index in [1.807, 2.05) is 30.3 Å². The Morgan fingerprint density at radius 2 is 1.81 bits per heavy atom. The van der Waals surface area contributed by atoms with Crippen molar-refractivity contribution in [2.24, 2.45) is 11.8 Å². The van der Waals surface area contributed by atoms with Crippen molar-refractivity contribution in [3.63, 3.8) is 0 Å². The molecule has 31 heavy (non-hydrogen) atoms. The van der Waals surface area contributed by atoms with Crippen molar-refractivity contribution in [1.29, 1.82) is 0 Å². The maximum Gasteiger partial charge on any atom is 0.331 e. The molecule has 0 radical (unpaired) electrons. The number of nitrogens with one attached hydrogen (secondary N) is 1. The fraction of sp³-hybridized carbons (Fsp3) is 0.478. The van der Waals surface area contributed by atoms with Crippen molar-refractivity contribution in [3.05, 3.63) is 69.0 Å². The van der Waals surface area contributed by atoms with Gasteiger partial charge in [-0.2, -0.15) is 0 Å². The minimum atomic E-state index is -0.513. The van der Waals surface area contributed by atoms with Gasteiger partial charge in [0, 0.05) is 31.9 Å². The van der Waals surface area contributed by atoms with Crippen LogP contribution < -0.4 is 16.6 Å². The highest BCUT2D eigenvalue weighted by Crippen LogP contribution is 2.28. The summed E-state index contributed by atoms with van der Waals surface area (Å²) in [6.45, 7) is 1.58. The highest BCUT2D eigenvalue weighted by Gasteiger charge is 2.30. The number of aromatic nitrogens is 2. The molecule has 2 aromatic rings. The summed E-state index contributed by atoms with van der Waals surface area (Å²) in [5.41, 5.74) is -0.0870. The summed E-state index contributed by atoms with van der Waals surface area (Å²) in [6, 6.07) is 10.8. The van der Waals surface area contributed by atoms with Gasteiger partial charge >= 0.3 is 5.69 Å². The third kappa shape index (κ3) is 5.31. The predicted octanol–water partition coefficient (Wildman–Crippen LogP) is 0.823. The molecule has 4 rings (SSSR count). The molecule has 0 bridgehead atoms. The van der Waals surface area contributed by atoms with Gasteiger partial charge < -0.3 is 10.2 Å². The van der Waals surface area contributed by atoms with Crippen molar-refractivity contribution in [2.75, 3.05) is 19.6 Å². The predicted molar refractivity (Wildman–Crippen MR) is 116 cm³/mol. The van der Waals surface area contributed by atoms with Crippen LogP contribution in [-0.4, -0.2) is 45.5 Å². The highest BCUT2D eigenvalue weighted by molar-refractivity contribution is 5.81. The molecule has 2 aliphatic rings. The molecule has 1 aliphatic carbocycles. The Balaban J connectivity index is 1.42. The average Bonchev–Trinajstić information content (AvgIpc) is 3.62. The van der Waals surface area contributed by atoms with E-state index in [1.54, 1.807) is 4.90 Å². The molecule has 2 fully saturated rings. The summed E-state index contributed by atoms with van der Waals surface area (Å²) >= 11 is 0. The molecule has 8 heteroatoms. The second-order valence-electron chi connectivity index (χ2n) is 8.50. The third-order valence-electron chi connectivity index (χ3n) is 6.04. The van der Waals surface area contributed by atoms with E-state index >= 15 is 0 Å². The van der Waals surface area contributed by atoms with Gasteiger partial charge in [0.15, 0.2) is 0 Å². The molecule has 1 saturated carbocycles. The molecule has 8 nitrogen and oxygen atoms in total. The lowest BCUT2D eigenvalue weighted by Crippen LogP contribution is -2.49. The first-order valence-corrected chi connectivity index (χ1v) is 10.9. The Kier molecular flexibility index (Phi) is 6.34. The largest absolute Gasteiger partial charge is 0.356 e. The second-order valence-corrected chi connectivity index (χ2v) is 8.50. The van der Waals surface area contributed by atoms with Crippen molar-refractivity contribution >= 4 is 11.8 Å². The first kappa shape index (κ1) is 21.1. The Hall–Kier alpha value is -3.16. The fourth-order valence-corrected chi connectivity index (χ4v) is 3.97. The number of nitrogens with zero attached hydrogens (tertiary/aromatic N) is 3. The molecular weight excluding hydrogens is 396 g/mol. The van der Waals surface area contributed by atoms with E-state index in [4.69, 9.17) is 0 Å². The van der Waals surface area contributed by atoms with Crippen LogP contribution >= 0.6 is 0 Å². The molecule has 1 N–H and O–H groups in total. The number of rotatable bonds is 7. The minimum Gasteiger partial charge on any atom is -0.356 e. The van der Waals surface area contributed by atoms with E-state index in [1.165, 1.54) is 29.7 Å². The molecule has 164 valence electrons. The summed E-state index contributed by atoms with van der Waals surface area (Å²) in [5, 5.41) is 2.99. The molecule has 0 spiro atoms. The van der Waals surface area contributed by atoms with Crippen LogP contribution in [-0.2, 0) is 22.7 Å². The van der Waals surface area contributed by atoms with Crippen LogP contribution in [0.3, 0.4) is 0 Å². The lowest BCUT2D eigenvalue weighted by Gasteiger charge is -2.32. The van der Waals surface area contributed by atoms with Gasteiger partial charge in [-0.05, 0) is 37.2 Å². The van der Waals surface area contributed by atoms with Gasteiger partial charge in [-0.3, -0.25) is 23.5 Å². The smallest absolute Gasteiger partial charge is 0.331 e. The molecule has 1 aromatic carbocycles. The highest BCUT2D eigenvalue weighted by atomic mass is 16.2. The van der Waals surface area contributed by atoms with Gasteiger partial charge in [-0.15, -0.1) is 0 Å². The monoisotopic (exact) mass is 424 g/mol. The summed E-state index contributed by atoms with van der Waals surface area (Å²) < 4.78 is 2.40. The summed E-state index contributed by atoms with van der Waals surface area (Å²) in [5.74, 6) is 0.0508. The SMILES string of the molecule is O=C(NCC1CC1)C1CCCN(C(=O)Cn2c(=O)ccn(Cc3ccccc3)c2=O)C1. The lowest BCUT2D eigenvalue weighted by molar-refractivity contribution is -0.136. The molecule has 1 atom stereocenters. The Morgan fingerprint density at radius 3 is 2.55 bits per heavy atom. The van der Waals surface area contributed by atoms with Crippen LogP contribution in [0.4, 0.5) is 0 Å². The molecule has 2 heterocycles. The molecular formula is C23H28N4O4. The van der Waals surface area contributed by atoms with Crippen LogP contribution in [0, 0.1) is 11.8 Å². The van der Waals surface area contributed by atoms with E-state index in [-0.39, 0.29) is 24.3 Å². The number of piperidine rings is 1. The normalized spacial score (nSPS) is 18.6. The zero-order valence-corrected chi connectivity index (χ0v) is 17.5. The number of carbonyl (C=O) groups excluding carboxylic acids is 2. The van der Waals surface area contributed by atoms with Gasteiger partial charge in [0.25, 0.3) is 5.56 Å². The van der Waals surface area contributed by atoms with Crippen LogP contribution in [0.1, 0.15) is 31.2 Å². The van der Waals surface area contributed by atoms with Crippen LogP contribution in [0.25, 0.3) is 0 Å². The zero-order valence-electron chi connectivity index (χ0n) is 17.5. The molecule has 1 aliphatic heterocycles. The Labute approximate surface area is 180 Å². The maximum absolute atomic E-state index is 12.9. The fourth-order valence-electron chi connectivity index (χ4n) is 3.97. The zero-order chi connectivity index (χ0) is 21.8. The number of carbonyl (C=O) groups is 2. The molecule has 2 amide bonds. The van der Waals surface area contributed by atoms with E-state index in [2.05, 4.69) is 5.32 Å². The van der Waals surface area contributed by atoms with Gasteiger partial charge in [0.2, 0.25) is 11.8 Å². The summed E-state index contributed by atoms with van der Waals surface area (Å²) in [6.07, 6.45) is 5.27. The number of benzene rings is 1. The first-order chi connectivity index (χ1) is 15.0. The lowest BCUT2D eigenvalue weighted by atomic mass is 9.97. The summed E-state index contributed by atoms with van der Waals surface area (Å²) in [4.78, 5) is 52.0. The average molecular weight is 425 g/mol. The Bertz CT molecular complexity index is 1060. The van der Waals surface area contributed by atoms with E-state index in [9.17, 15) is 19.2 Å². The third-order valence-corrected chi connectivity index (χ3v) is 6.04. The van der Waals surface area contributed by atoms with Gasteiger partial charge in [-0.25, -0.2) is 4.79 Å². The van der Waals surface area contributed by atoms with Crippen molar-refractivity contribution in [1.82, 2.24) is 19.4 Å². The van der Waals surface area contributed by atoms with Crippen molar-refractivity contribution < 1.29 is 9.59 Å². The number of likely N-dealkylation sites (tertiary alicyclic amines) is 1. The van der Waals surface area contributed by atoms with Crippen molar-refractivity contribution in [2.45, 2.75) is 38.8 Å².